The first-order valence-electron chi connectivity index (χ1n) is 7.90. The average Bonchev–Trinajstić information content (AvgIpc) is 2.90. The third kappa shape index (κ3) is 3.89. The molecule has 9 heteroatoms. The van der Waals surface area contributed by atoms with Gasteiger partial charge in [0, 0.05) is 18.1 Å². The van der Waals surface area contributed by atoms with E-state index in [1.807, 2.05) is 0 Å². The topological polar surface area (TPSA) is 80.2 Å². The van der Waals surface area contributed by atoms with E-state index in [0.29, 0.717) is 16.7 Å². The highest BCUT2D eigenvalue weighted by atomic mass is 35.5. The number of ether oxygens (including phenoxy) is 1. The second-order valence-electron chi connectivity index (χ2n) is 6.89. The standard InChI is InChI=1S/C16H19ClFN5O2/c1-16(2,3)25-15(24)23-7-10(18)11(8-23)20-14-9-5-4-6-19-12(9)13(17)21-22-14/h4-6,10-11H,7-8H2,1-3H3,(H,20,22)/t10-,11-/m1/s1. The number of likely N-dealkylation sites (tertiary alicyclic amines) is 1. The number of carbonyl (C=O) groups is 1. The van der Waals surface area contributed by atoms with Crippen molar-refractivity contribution in [2.24, 2.45) is 0 Å². The van der Waals surface area contributed by atoms with Crippen LogP contribution in [-0.2, 0) is 4.74 Å². The maximum absolute atomic E-state index is 14.4. The van der Waals surface area contributed by atoms with E-state index in [4.69, 9.17) is 16.3 Å². The van der Waals surface area contributed by atoms with Gasteiger partial charge < -0.3 is 15.0 Å². The van der Waals surface area contributed by atoms with Crippen LogP contribution >= 0.6 is 11.6 Å². The Bertz CT molecular complexity index is 798. The number of carbonyl (C=O) groups excluding carboxylic acids is 1. The molecule has 1 aliphatic heterocycles. The lowest BCUT2D eigenvalue weighted by Crippen LogP contribution is -2.36. The average molecular weight is 368 g/mol. The second-order valence-corrected chi connectivity index (χ2v) is 7.25. The zero-order valence-electron chi connectivity index (χ0n) is 14.2. The minimum Gasteiger partial charge on any atom is -0.444 e. The van der Waals surface area contributed by atoms with Crippen molar-refractivity contribution in [2.75, 3.05) is 18.4 Å². The maximum atomic E-state index is 14.4. The van der Waals surface area contributed by atoms with Crippen molar-refractivity contribution in [3.8, 4) is 0 Å². The van der Waals surface area contributed by atoms with Gasteiger partial charge in [0.05, 0.1) is 12.6 Å². The number of nitrogens with zero attached hydrogens (tertiary/aromatic N) is 4. The van der Waals surface area contributed by atoms with Crippen LogP contribution in [0.5, 0.6) is 0 Å². The summed E-state index contributed by atoms with van der Waals surface area (Å²) in [5.41, 5.74) is -0.142. The van der Waals surface area contributed by atoms with Crippen molar-refractivity contribution < 1.29 is 13.9 Å². The predicted molar refractivity (Wildman–Crippen MR) is 92.5 cm³/mol. The molecule has 134 valence electrons. The van der Waals surface area contributed by atoms with Crippen molar-refractivity contribution in [1.82, 2.24) is 20.1 Å². The van der Waals surface area contributed by atoms with Gasteiger partial charge in [-0.1, -0.05) is 11.6 Å². The molecule has 3 heterocycles. The molecule has 2 atom stereocenters. The van der Waals surface area contributed by atoms with Gasteiger partial charge in [-0.05, 0) is 32.9 Å². The molecule has 0 unspecified atom stereocenters. The number of amides is 1. The Morgan fingerprint density at radius 3 is 2.88 bits per heavy atom. The molecule has 1 saturated heterocycles. The van der Waals surface area contributed by atoms with E-state index >= 15 is 0 Å². The fourth-order valence-corrected chi connectivity index (χ4v) is 2.80. The summed E-state index contributed by atoms with van der Waals surface area (Å²) in [6.45, 7) is 5.44. The minimum atomic E-state index is -1.25. The van der Waals surface area contributed by atoms with Crippen LogP contribution in [0, 0.1) is 0 Å². The first kappa shape index (κ1) is 17.6. The molecule has 1 fully saturated rings. The summed E-state index contributed by atoms with van der Waals surface area (Å²) in [6.07, 6.45) is -0.192. The van der Waals surface area contributed by atoms with Gasteiger partial charge in [0.25, 0.3) is 0 Å². The molecule has 0 saturated carbocycles. The Morgan fingerprint density at radius 1 is 1.40 bits per heavy atom. The van der Waals surface area contributed by atoms with Crippen LogP contribution in [0.1, 0.15) is 20.8 Å². The summed E-state index contributed by atoms with van der Waals surface area (Å²) in [5.74, 6) is 0.381. The lowest BCUT2D eigenvalue weighted by Gasteiger charge is -2.24. The number of aromatic nitrogens is 3. The number of fused-ring (bicyclic) bond motifs is 1. The van der Waals surface area contributed by atoms with Gasteiger partial charge in [-0.3, -0.25) is 4.98 Å². The van der Waals surface area contributed by atoms with E-state index in [2.05, 4.69) is 20.5 Å². The molecule has 7 nitrogen and oxygen atoms in total. The molecular weight excluding hydrogens is 349 g/mol. The molecule has 2 aromatic heterocycles. The van der Waals surface area contributed by atoms with Gasteiger partial charge >= 0.3 is 6.09 Å². The van der Waals surface area contributed by atoms with Crippen molar-refractivity contribution >= 4 is 34.4 Å². The van der Waals surface area contributed by atoms with Gasteiger partial charge in [-0.25, -0.2) is 9.18 Å². The maximum Gasteiger partial charge on any atom is 0.410 e. The summed E-state index contributed by atoms with van der Waals surface area (Å²) in [5, 5.41) is 11.7. The number of hydrogen-bond acceptors (Lipinski definition) is 6. The van der Waals surface area contributed by atoms with Crippen LogP contribution in [0.15, 0.2) is 18.3 Å². The van der Waals surface area contributed by atoms with E-state index in [1.165, 1.54) is 4.90 Å². The Labute approximate surface area is 149 Å². The van der Waals surface area contributed by atoms with Crippen LogP contribution < -0.4 is 5.32 Å². The fraction of sp³-hybridized carbons (Fsp3) is 0.500. The van der Waals surface area contributed by atoms with Crippen LogP contribution in [0.3, 0.4) is 0 Å². The number of nitrogens with one attached hydrogen (secondary N) is 1. The summed E-state index contributed by atoms with van der Waals surface area (Å²) in [7, 11) is 0. The monoisotopic (exact) mass is 367 g/mol. The SMILES string of the molecule is CC(C)(C)OC(=O)N1C[C@@H](F)[C@H](Nc2nnc(Cl)c3ncccc23)C1. The molecule has 1 N–H and O–H groups in total. The van der Waals surface area contributed by atoms with E-state index in [1.54, 1.807) is 39.1 Å². The first-order chi connectivity index (χ1) is 11.7. The Kier molecular flexibility index (Phi) is 4.64. The number of halogens is 2. The van der Waals surface area contributed by atoms with Gasteiger partial charge in [0.2, 0.25) is 0 Å². The quantitative estimate of drug-likeness (QED) is 0.878. The third-order valence-corrected chi connectivity index (χ3v) is 3.97. The molecule has 0 bridgehead atoms. The van der Waals surface area contributed by atoms with Gasteiger partial charge in [0.15, 0.2) is 11.0 Å². The van der Waals surface area contributed by atoms with E-state index in [9.17, 15) is 9.18 Å². The molecule has 0 aliphatic carbocycles. The van der Waals surface area contributed by atoms with Crippen LogP contribution in [-0.4, -0.2) is 57.1 Å². The molecular formula is C16H19ClFN5O2. The number of hydrogen-bond donors (Lipinski definition) is 1. The molecule has 0 radical (unpaired) electrons. The Hall–Kier alpha value is -2.22. The number of alkyl halides is 1. The molecule has 2 aromatic rings. The Morgan fingerprint density at radius 2 is 2.16 bits per heavy atom. The van der Waals surface area contributed by atoms with E-state index < -0.39 is 23.9 Å². The van der Waals surface area contributed by atoms with Gasteiger partial charge in [-0.2, -0.15) is 0 Å². The summed E-state index contributed by atoms with van der Waals surface area (Å²) < 4.78 is 19.7. The van der Waals surface area contributed by atoms with E-state index in [0.717, 1.165) is 0 Å². The van der Waals surface area contributed by atoms with E-state index in [-0.39, 0.29) is 18.2 Å². The van der Waals surface area contributed by atoms with Crippen molar-refractivity contribution in [2.45, 2.75) is 38.6 Å². The van der Waals surface area contributed by atoms with Crippen molar-refractivity contribution in [3.63, 3.8) is 0 Å². The lowest BCUT2D eigenvalue weighted by atomic mass is 10.2. The zero-order valence-corrected chi connectivity index (χ0v) is 14.9. The van der Waals surface area contributed by atoms with Crippen molar-refractivity contribution in [3.05, 3.63) is 23.5 Å². The molecule has 3 rings (SSSR count). The molecule has 1 aliphatic rings. The predicted octanol–water partition coefficient (Wildman–Crippen LogP) is 3.05. The third-order valence-electron chi connectivity index (χ3n) is 3.72. The highest BCUT2D eigenvalue weighted by Crippen LogP contribution is 2.26. The molecule has 1 amide bonds. The van der Waals surface area contributed by atoms with Crippen molar-refractivity contribution in [1.29, 1.82) is 0 Å². The smallest absolute Gasteiger partial charge is 0.410 e. The lowest BCUT2D eigenvalue weighted by molar-refractivity contribution is 0.0283. The van der Waals surface area contributed by atoms with Gasteiger partial charge in [0.1, 0.15) is 17.3 Å². The summed E-state index contributed by atoms with van der Waals surface area (Å²) in [4.78, 5) is 17.6. The molecule has 0 aromatic carbocycles. The largest absolute Gasteiger partial charge is 0.444 e. The van der Waals surface area contributed by atoms with Crippen LogP contribution in [0.2, 0.25) is 5.15 Å². The van der Waals surface area contributed by atoms with Crippen LogP contribution in [0.25, 0.3) is 10.9 Å². The number of anilines is 1. The summed E-state index contributed by atoms with van der Waals surface area (Å²) >= 11 is 5.99. The van der Waals surface area contributed by atoms with Crippen LogP contribution in [0.4, 0.5) is 15.0 Å². The highest BCUT2D eigenvalue weighted by Gasteiger charge is 2.37. The number of pyridine rings is 1. The molecule has 0 spiro atoms. The zero-order chi connectivity index (χ0) is 18.2. The number of rotatable bonds is 2. The molecule has 25 heavy (non-hydrogen) atoms. The fourth-order valence-electron chi connectivity index (χ4n) is 2.61. The first-order valence-corrected chi connectivity index (χ1v) is 8.28. The second kappa shape index (κ2) is 6.59. The Balaban J connectivity index is 1.76. The normalized spacial score (nSPS) is 20.8. The minimum absolute atomic E-state index is 0.0379. The summed E-state index contributed by atoms with van der Waals surface area (Å²) in [6, 6.07) is 2.89. The van der Waals surface area contributed by atoms with Gasteiger partial charge in [-0.15, -0.1) is 10.2 Å². The highest BCUT2D eigenvalue weighted by molar-refractivity contribution is 6.33.